The first kappa shape index (κ1) is 13.6. The molecule has 0 radical (unpaired) electrons. The maximum absolute atomic E-state index is 12.4. The number of ether oxygens (including phenoxy) is 1. The van der Waals surface area contributed by atoms with Gasteiger partial charge in [-0.1, -0.05) is 6.92 Å². The molecule has 0 aromatic rings. The highest BCUT2D eigenvalue weighted by Crippen LogP contribution is 2.42. The summed E-state index contributed by atoms with van der Waals surface area (Å²) >= 11 is 0. The molecule has 0 aromatic carbocycles. The van der Waals surface area contributed by atoms with E-state index in [4.69, 9.17) is 4.74 Å². The van der Waals surface area contributed by atoms with Crippen molar-refractivity contribution in [1.29, 1.82) is 0 Å². The molecule has 5 atom stereocenters. The number of hydrogen-bond donors (Lipinski definition) is 0. The van der Waals surface area contributed by atoms with Gasteiger partial charge in [0.05, 0.1) is 12.7 Å². The van der Waals surface area contributed by atoms with E-state index in [0.717, 1.165) is 45.6 Å². The highest BCUT2D eigenvalue weighted by molar-refractivity contribution is 5.82. The Kier molecular flexibility index (Phi) is 3.21. The molecular formula is C16H24N2O3. The van der Waals surface area contributed by atoms with Crippen molar-refractivity contribution in [2.75, 3.05) is 32.8 Å². The molecule has 0 unspecified atom stereocenters. The fraction of sp³-hybridized carbons (Fsp3) is 0.875. The Morgan fingerprint density at radius 3 is 2.86 bits per heavy atom. The lowest BCUT2D eigenvalue weighted by molar-refractivity contribution is -0.133. The van der Waals surface area contributed by atoms with Gasteiger partial charge in [0.1, 0.15) is 0 Å². The molecule has 4 fully saturated rings. The van der Waals surface area contributed by atoms with E-state index in [-0.39, 0.29) is 17.9 Å². The lowest BCUT2D eigenvalue weighted by Gasteiger charge is -2.24. The zero-order chi connectivity index (χ0) is 14.6. The monoisotopic (exact) mass is 292 g/mol. The molecule has 0 N–H and O–H groups in total. The highest BCUT2D eigenvalue weighted by Gasteiger charge is 2.49. The fourth-order valence-corrected chi connectivity index (χ4v) is 4.25. The molecule has 1 aliphatic carbocycles. The summed E-state index contributed by atoms with van der Waals surface area (Å²) in [4.78, 5) is 28.1. The van der Waals surface area contributed by atoms with Gasteiger partial charge in [-0.25, -0.2) is 0 Å². The largest absolute Gasteiger partial charge is 0.376 e. The van der Waals surface area contributed by atoms with Crippen LogP contribution in [-0.4, -0.2) is 60.5 Å². The van der Waals surface area contributed by atoms with Crippen LogP contribution in [-0.2, 0) is 14.3 Å². The second kappa shape index (κ2) is 4.97. The first-order chi connectivity index (χ1) is 10.1. The number of nitrogens with zero attached hydrogens (tertiary/aromatic N) is 2. The van der Waals surface area contributed by atoms with Crippen LogP contribution in [0, 0.1) is 23.7 Å². The molecule has 4 rings (SSSR count). The minimum absolute atomic E-state index is 0.200. The molecule has 3 saturated heterocycles. The normalized spacial score (nSPS) is 41.8. The van der Waals surface area contributed by atoms with Gasteiger partial charge in [0, 0.05) is 50.4 Å². The number of rotatable bonds is 3. The molecule has 3 heterocycles. The van der Waals surface area contributed by atoms with Gasteiger partial charge in [-0.2, -0.15) is 0 Å². The van der Waals surface area contributed by atoms with Crippen LogP contribution in [0.4, 0.5) is 0 Å². The summed E-state index contributed by atoms with van der Waals surface area (Å²) in [7, 11) is 0. The Morgan fingerprint density at radius 2 is 2.19 bits per heavy atom. The molecule has 2 amide bonds. The van der Waals surface area contributed by atoms with E-state index in [1.54, 1.807) is 0 Å². The zero-order valence-corrected chi connectivity index (χ0v) is 12.7. The van der Waals surface area contributed by atoms with Gasteiger partial charge in [0.2, 0.25) is 11.8 Å². The minimum atomic E-state index is 0.200. The Balaban J connectivity index is 1.37. The SMILES string of the molecule is C[C@H]1C[C@H]1C(=O)N1C[C@@H]2[C@H](CN3CCCC3=O)CO[C@@H]2C1. The summed E-state index contributed by atoms with van der Waals surface area (Å²) in [5.41, 5.74) is 0. The molecular weight excluding hydrogens is 268 g/mol. The Morgan fingerprint density at radius 1 is 1.38 bits per heavy atom. The Labute approximate surface area is 125 Å². The van der Waals surface area contributed by atoms with Crippen LogP contribution in [0.1, 0.15) is 26.2 Å². The van der Waals surface area contributed by atoms with E-state index in [0.29, 0.717) is 30.1 Å². The third kappa shape index (κ3) is 2.35. The average molecular weight is 292 g/mol. The lowest BCUT2D eigenvalue weighted by Crippen LogP contribution is -2.36. The second-order valence-electron chi connectivity index (χ2n) is 7.30. The molecule has 5 nitrogen and oxygen atoms in total. The van der Waals surface area contributed by atoms with E-state index in [1.165, 1.54) is 0 Å². The third-order valence-electron chi connectivity index (χ3n) is 5.80. The smallest absolute Gasteiger partial charge is 0.226 e. The number of carbonyl (C=O) groups excluding carboxylic acids is 2. The highest BCUT2D eigenvalue weighted by atomic mass is 16.5. The van der Waals surface area contributed by atoms with E-state index < -0.39 is 0 Å². The van der Waals surface area contributed by atoms with Gasteiger partial charge in [-0.05, 0) is 18.8 Å². The molecule has 4 aliphatic rings. The van der Waals surface area contributed by atoms with E-state index in [1.807, 2.05) is 9.80 Å². The van der Waals surface area contributed by atoms with Gasteiger partial charge >= 0.3 is 0 Å². The van der Waals surface area contributed by atoms with Crippen molar-refractivity contribution in [2.45, 2.75) is 32.3 Å². The maximum atomic E-state index is 12.4. The predicted molar refractivity (Wildman–Crippen MR) is 76.4 cm³/mol. The average Bonchev–Trinajstić information content (AvgIpc) is 2.83. The molecule has 5 heteroatoms. The molecule has 0 spiro atoms. The van der Waals surface area contributed by atoms with Crippen molar-refractivity contribution in [3.05, 3.63) is 0 Å². The Hall–Kier alpha value is -1.10. The molecule has 0 aromatic heterocycles. The van der Waals surface area contributed by atoms with Crippen molar-refractivity contribution in [1.82, 2.24) is 9.80 Å². The Bertz CT molecular complexity index is 466. The zero-order valence-electron chi connectivity index (χ0n) is 12.7. The first-order valence-electron chi connectivity index (χ1n) is 8.31. The number of fused-ring (bicyclic) bond motifs is 1. The minimum Gasteiger partial charge on any atom is -0.376 e. The lowest BCUT2D eigenvalue weighted by atomic mass is 9.93. The van der Waals surface area contributed by atoms with Crippen LogP contribution >= 0.6 is 0 Å². The van der Waals surface area contributed by atoms with E-state index in [9.17, 15) is 9.59 Å². The van der Waals surface area contributed by atoms with Crippen molar-refractivity contribution in [3.8, 4) is 0 Å². The van der Waals surface area contributed by atoms with Crippen LogP contribution in [0.3, 0.4) is 0 Å². The summed E-state index contributed by atoms with van der Waals surface area (Å²) in [6, 6.07) is 0. The second-order valence-corrected chi connectivity index (χ2v) is 7.30. The first-order valence-corrected chi connectivity index (χ1v) is 8.31. The van der Waals surface area contributed by atoms with Gasteiger partial charge in [0.15, 0.2) is 0 Å². The standard InChI is InChI=1S/C16H24N2O3/c1-10-5-12(10)16(20)18-7-13-11(9-21-14(13)8-18)6-17-4-2-3-15(17)19/h10-14H,2-9H2,1H3/t10-,11+,12+,13+,14+/m0/s1. The van der Waals surface area contributed by atoms with Crippen molar-refractivity contribution in [2.24, 2.45) is 23.7 Å². The number of hydrogen-bond acceptors (Lipinski definition) is 3. The van der Waals surface area contributed by atoms with Gasteiger partial charge in [0.25, 0.3) is 0 Å². The van der Waals surface area contributed by atoms with Crippen LogP contribution < -0.4 is 0 Å². The number of carbonyl (C=O) groups is 2. The predicted octanol–water partition coefficient (Wildman–Crippen LogP) is 0.738. The van der Waals surface area contributed by atoms with Gasteiger partial charge in [-0.3, -0.25) is 9.59 Å². The van der Waals surface area contributed by atoms with E-state index >= 15 is 0 Å². The summed E-state index contributed by atoms with van der Waals surface area (Å²) in [5, 5.41) is 0. The summed E-state index contributed by atoms with van der Waals surface area (Å²) in [6.45, 7) is 6.21. The molecule has 1 saturated carbocycles. The summed E-state index contributed by atoms with van der Waals surface area (Å²) in [6.07, 6.45) is 2.94. The molecule has 116 valence electrons. The van der Waals surface area contributed by atoms with Gasteiger partial charge < -0.3 is 14.5 Å². The molecule has 3 aliphatic heterocycles. The number of amides is 2. The van der Waals surface area contributed by atoms with Crippen molar-refractivity contribution >= 4 is 11.8 Å². The van der Waals surface area contributed by atoms with Crippen LogP contribution in [0.2, 0.25) is 0 Å². The van der Waals surface area contributed by atoms with Crippen LogP contribution in [0.15, 0.2) is 0 Å². The van der Waals surface area contributed by atoms with E-state index in [2.05, 4.69) is 6.92 Å². The van der Waals surface area contributed by atoms with Crippen LogP contribution in [0.25, 0.3) is 0 Å². The summed E-state index contributed by atoms with van der Waals surface area (Å²) in [5.74, 6) is 2.29. The third-order valence-corrected chi connectivity index (χ3v) is 5.80. The maximum Gasteiger partial charge on any atom is 0.226 e. The summed E-state index contributed by atoms with van der Waals surface area (Å²) < 4.78 is 5.91. The van der Waals surface area contributed by atoms with Crippen molar-refractivity contribution in [3.63, 3.8) is 0 Å². The fourth-order valence-electron chi connectivity index (χ4n) is 4.25. The van der Waals surface area contributed by atoms with Crippen molar-refractivity contribution < 1.29 is 14.3 Å². The molecule has 0 bridgehead atoms. The number of likely N-dealkylation sites (tertiary alicyclic amines) is 2. The van der Waals surface area contributed by atoms with Crippen LogP contribution in [0.5, 0.6) is 0 Å². The quantitative estimate of drug-likeness (QED) is 0.771. The molecule has 21 heavy (non-hydrogen) atoms. The van der Waals surface area contributed by atoms with Gasteiger partial charge in [-0.15, -0.1) is 0 Å². The topological polar surface area (TPSA) is 49.9 Å².